The van der Waals surface area contributed by atoms with Crippen LogP contribution in [0.25, 0.3) is 0 Å². The number of hydrogen-bond donors (Lipinski definition) is 1. The smallest absolute Gasteiger partial charge is 0.338 e. The van der Waals surface area contributed by atoms with Gasteiger partial charge in [0.25, 0.3) is 11.6 Å². The number of thiophene rings is 1. The van der Waals surface area contributed by atoms with Crippen molar-refractivity contribution in [3.8, 4) is 6.07 Å². The SMILES string of the molecule is CC1CCN(c2ccc(C(=O)OCC(=O)Nc3sc4c(c3C#N)CCC4)cc2[N+](=O)[O-])CC1. The van der Waals surface area contributed by atoms with E-state index in [1.54, 1.807) is 6.07 Å². The fourth-order valence-corrected chi connectivity index (χ4v) is 5.56. The van der Waals surface area contributed by atoms with Gasteiger partial charge in [0.05, 0.1) is 16.1 Å². The number of anilines is 2. The largest absolute Gasteiger partial charge is 0.452 e. The molecule has 0 atom stereocenters. The quantitative estimate of drug-likeness (QED) is 0.385. The third-order valence-corrected chi connectivity index (χ3v) is 7.36. The number of piperidine rings is 1. The highest BCUT2D eigenvalue weighted by atomic mass is 32.1. The second-order valence-corrected chi connectivity index (χ2v) is 9.53. The Bertz CT molecular complexity index is 1140. The topological polar surface area (TPSA) is 126 Å². The Labute approximate surface area is 195 Å². The highest BCUT2D eigenvalue weighted by Crippen LogP contribution is 2.38. The number of aryl methyl sites for hydroxylation is 1. The van der Waals surface area contributed by atoms with E-state index in [2.05, 4.69) is 18.3 Å². The Hall–Kier alpha value is -3.45. The van der Waals surface area contributed by atoms with Crippen LogP contribution in [-0.2, 0) is 22.4 Å². The zero-order valence-corrected chi connectivity index (χ0v) is 19.1. The summed E-state index contributed by atoms with van der Waals surface area (Å²) in [6.07, 6.45) is 4.63. The maximum absolute atomic E-state index is 12.5. The molecule has 0 unspecified atom stereocenters. The van der Waals surface area contributed by atoms with Crippen molar-refractivity contribution >= 4 is 39.6 Å². The summed E-state index contributed by atoms with van der Waals surface area (Å²) in [6, 6.07) is 6.39. The number of esters is 1. The molecule has 1 amide bonds. The fraction of sp³-hybridized carbons (Fsp3) is 0.435. The molecule has 2 aliphatic rings. The maximum atomic E-state index is 12.5. The molecular formula is C23H24N4O5S. The maximum Gasteiger partial charge on any atom is 0.338 e. The summed E-state index contributed by atoms with van der Waals surface area (Å²) in [5.74, 6) is -0.797. The summed E-state index contributed by atoms with van der Waals surface area (Å²) in [7, 11) is 0. The molecule has 33 heavy (non-hydrogen) atoms. The van der Waals surface area contributed by atoms with Crippen molar-refractivity contribution in [3.05, 3.63) is 49.9 Å². The van der Waals surface area contributed by atoms with Gasteiger partial charge in [0.2, 0.25) is 0 Å². The molecule has 4 rings (SSSR count). The van der Waals surface area contributed by atoms with Crippen LogP contribution in [0.1, 0.15) is 52.5 Å². The van der Waals surface area contributed by atoms with E-state index in [0.717, 1.165) is 55.6 Å². The number of hydrogen-bond acceptors (Lipinski definition) is 8. The van der Waals surface area contributed by atoms with Gasteiger partial charge < -0.3 is 15.0 Å². The lowest BCUT2D eigenvalue weighted by atomic mass is 9.98. The van der Waals surface area contributed by atoms with E-state index in [1.165, 1.54) is 23.5 Å². The van der Waals surface area contributed by atoms with Crippen molar-refractivity contribution in [3.63, 3.8) is 0 Å². The Morgan fingerprint density at radius 2 is 2.09 bits per heavy atom. The molecule has 1 aliphatic carbocycles. The lowest BCUT2D eigenvalue weighted by Crippen LogP contribution is -2.33. The summed E-state index contributed by atoms with van der Waals surface area (Å²) in [6.45, 7) is 3.06. The van der Waals surface area contributed by atoms with E-state index in [9.17, 15) is 25.0 Å². The minimum Gasteiger partial charge on any atom is -0.452 e. The number of rotatable bonds is 6. The first-order valence-electron chi connectivity index (χ1n) is 10.9. The molecule has 10 heteroatoms. The standard InChI is InChI=1S/C23H24N4O5S/c1-14-7-9-26(10-8-14)18-6-5-15(11-19(18)27(30)31)23(29)32-13-21(28)25-22-17(12-24)16-3-2-4-20(16)33-22/h5-6,11,14H,2-4,7-10,13H2,1H3,(H,25,28). The van der Waals surface area contributed by atoms with E-state index in [0.29, 0.717) is 22.2 Å². The van der Waals surface area contributed by atoms with Crippen molar-refractivity contribution in [2.75, 3.05) is 29.9 Å². The molecule has 0 radical (unpaired) electrons. The van der Waals surface area contributed by atoms with Crippen LogP contribution >= 0.6 is 11.3 Å². The average molecular weight is 469 g/mol. The van der Waals surface area contributed by atoms with Crippen LogP contribution in [0.3, 0.4) is 0 Å². The first-order chi connectivity index (χ1) is 15.9. The third-order valence-electron chi connectivity index (χ3n) is 6.15. The number of carbonyl (C=O) groups excluding carboxylic acids is 2. The van der Waals surface area contributed by atoms with Crippen LogP contribution in [0.2, 0.25) is 0 Å². The molecule has 2 heterocycles. The summed E-state index contributed by atoms with van der Waals surface area (Å²) >= 11 is 1.38. The number of nitrogens with one attached hydrogen (secondary N) is 1. The second-order valence-electron chi connectivity index (χ2n) is 8.43. The minimum absolute atomic E-state index is 0.0106. The monoisotopic (exact) mass is 468 g/mol. The van der Waals surface area contributed by atoms with E-state index in [1.807, 2.05) is 4.90 Å². The number of fused-ring (bicyclic) bond motifs is 1. The first kappa shape index (κ1) is 22.7. The van der Waals surface area contributed by atoms with Crippen LogP contribution in [0.5, 0.6) is 0 Å². The van der Waals surface area contributed by atoms with E-state index in [4.69, 9.17) is 4.74 Å². The average Bonchev–Trinajstić information content (AvgIpc) is 3.38. The van der Waals surface area contributed by atoms with Crippen molar-refractivity contribution in [2.45, 2.75) is 39.0 Å². The van der Waals surface area contributed by atoms with Gasteiger partial charge in [0, 0.05) is 24.0 Å². The summed E-state index contributed by atoms with van der Waals surface area (Å²) < 4.78 is 5.08. The van der Waals surface area contributed by atoms with E-state index < -0.39 is 23.4 Å². The molecule has 9 nitrogen and oxygen atoms in total. The number of benzene rings is 1. The summed E-state index contributed by atoms with van der Waals surface area (Å²) in [5.41, 5.74) is 1.80. The lowest BCUT2D eigenvalue weighted by molar-refractivity contribution is -0.384. The Balaban J connectivity index is 1.40. The van der Waals surface area contributed by atoms with Crippen molar-refractivity contribution in [2.24, 2.45) is 5.92 Å². The predicted molar refractivity (Wildman–Crippen MR) is 124 cm³/mol. The highest BCUT2D eigenvalue weighted by Gasteiger charge is 2.26. The van der Waals surface area contributed by atoms with Gasteiger partial charge in [0.1, 0.15) is 16.8 Å². The third kappa shape index (κ3) is 4.83. The van der Waals surface area contributed by atoms with Gasteiger partial charge in [-0.05, 0) is 55.7 Å². The van der Waals surface area contributed by atoms with Crippen LogP contribution in [-0.4, -0.2) is 36.5 Å². The molecule has 172 valence electrons. The molecule has 0 spiro atoms. The Morgan fingerprint density at radius 3 is 2.79 bits per heavy atom. The Morgan fingerprint density at radius 1 is 1.33 bits per heavy atom. The number of amides is 1. The molecule has 1 N–H and O–H groups in total. The number of ether oxygens (including phenoxy) is 1. The zero-order chi connectivity index (χ0) is 23.5. The van der Waals surface area contributed by atoms with Crippen LogP contribution in [0.15, 0.2) is 18.2 Å². The van der Waals surface area contributed by atoms with Crippen molar-refractivity contribution < 1.29 is 19.2 Å². The molecule has 1 aromatic heterocycles. The molecule has 1 fully saturated rings. The molecular weight excluding hydrogens is 444 g/mol. The normalized spacial score (nSPS) is 15.6. The number of nitriles is 1. The van der Waals surface area contributed by atoms with Gasteiger partial charge in [-0.25, -0.2) is 4.79 Å². The Kier molecular flexibility index (Phi) is 6.60. The van der Waals surface area contributed by atoms with Gasteiger partial charge in [-0.1, -0.05) is 6.92 Å². The number of carbonyl (C=O) groups is 2. The number of nitro groups is 1. The van der Waals surface area contributed by atoms with Crippen molar-refractivity contribution in [1.82, 2.24) is 0 Å². The molecule has 1 aliphatic heterocycles. The second kappa shape index (κ2) is 9.58. The fourth-order valence-electron chi connectivity index (χ4n) is 4.30. The van der Waals surface area contributed by atoms with Gasteiger partial charge >= 0.3 is 5.97 Å². The van der Waals surface area contributed by atoms with Gasteiger partial charge in [0.15, 0.2) is 6.61 Å². The van der Waals surface area contributed by atoms with Gasteiger partial charge in [-0.3, -0.25) is 14.9 Å². The van der Waals surface area contributed by atoms with Crippen LogP contribution in [0, 0.1) is 27.4 Å². The molecule has 1 saturated heterocycles. The van der Waals surface area contributed by atoms with Gasteiger partial charge in [-0.15, -0.1) is 11.3 Å². The number of nitrogens with zero attached hydrogens (tertiary/aromatic N) is 3. The molecule has 2 aromatic rings. The number of nitro benzene ring substituents is 1. The molecule has 0 saturated carbocycles. The summed E-state index contributed by atoms with van der Waals surface area (Å²) in [4.78, 5) is 39.0. The van der Waals surface area contributed by atoms with E-state index in [-0.39, 0.29) is 11.3 Å². The van der Waals surface area contributed by atoms with Crippen LogP contribution in [0.4, 0.5) is 16.4 Å². The van der Waals surface area contributed by atoms with Gasteiger partial charge in [-0.2, -0.15) is 5.26 Å². The van der Waals surface area contributed by atoms with Crippen molar-refractivity contribution in [1.29, 1.82) is 5.26 Å². The minimum atomic E-state index is -0.818. The zero-order valence-electron chi connectivity index (χ0n) is 18.3. The summed E-state index contributed by atoms with van der Waals surface area (Å²) in [5, 5.41) is 24.2. The van der Waals surface area contributed by atoms with E-state index >= 15 is 0 Å². The lowest BCUT2D eigenvalue weighted by Gasteiger charge is -2.31. The molecule has 1 aromatic carbocycles. The van der Waals surface area contributed by atoms with Crippen LogP contribution < -0.4 is 10.2 Å². The highest BCUT2D eigenvalue weighted by molar-refractivity contribution is 7.16. The predicted octanol–water partition coefficient (Wildman–Crippen LogP) is 4.05. The molecule has 0 bridgehead atoms. The first-order valence-corrected chi connectivity index (χ1v) is 11.7.